The lowest BCUT2D eigenvalue weighted by Crippen LogP contribution is -2.55. The molecule has 1 saturated heterocycles. The summed E-state index contributed by atoms with van der Waals surface area (Å²) in [5, 5.41) is 2.77. The zero-order chi connectivity index (χ0) is 26.4. The van der Waals surface area contributed by atoms with E-state index in [4.69, 9.17) is 4.74 Å². The number of carbonyl (C=O) groups excluding carboxylic acids is 2. The Morgan fingerprint density at radius 3 is 2.68 bits per heavy atom. The molecule has 37 heavy (non-hydrogen) atoms. The van der Waals surface area contributed by atoms with Gasteiger partial charge in [0.1, 0.15) is 23.5 Å². The number of anilines is 1. The van der Waals surface area contributed by atoms with E-state index in [1.807, 2.05) is 24.0 Å². The van der Waals surface area contributed by atoms with Crippen LogP contribution in [0.3, 0.4) is 0 Å². The number of hydrogen-bond donors (Lipinski definition) is 1. The molecule has 1 aliphatic carbocycles. The summed E-state index contributed by atoms with van der Waals surface area (Å²) < 4.78 is 20.9. The topological polar surface area (TPSA) is 74.8 Å². The first-order valence-corrected chi connectivity index (χ1v) is 12.5. The minimum absolute atomic E-state index is 0.0394. The molecule has 1 fully saturated rings. The average Bonchev–Trinajstić information content (AvgIpc) is 2.90. The zero-order valence-electron chi connectivity index (χ0n) is 21.3. The summed E-state index contributed by atoms with van der Waals surface area (Å²) in [5.74, 6) is 0.487. The number of nitrogens with one attached hydrogen (secondary N) is 1. The molecule has 0 saturated carbocycles. The molecule has 2 amide bonds. The third-order valence-electron chi connectivity index (χ3n) is 6.83. The van der Waals surface area contributed by atoms with Crippen molar-refractivity contribution in [3.05, 3.63) is 90.4 Å². The number of nitrogens with zero attached hydrogens (tertiary/aromatic N) is 3. The van der Waals surface area contributed by atoms with Gasteiger partial charge in [0.05, 0.1) is 0 Å². The van der Waals surface area contributed by atoms with Crippen molar-refractivity contribution in [1.29, 1.82) is 0 Å². The molecule has 194 valence electrons. The third kappa shape index (κ3) is 6.71. The summed E-state index contributed by atoms with van der Waals surface area (Å²) in [5.41, 5.74) is 1.12. The van der Waals surface area contributed by atoms with E-state index < -0.39 is 0 Å². The highest BCUT2D eigenvalue weighted by Gasteiger charge is 2.31. The molecule has 1 aliphatic heterocycles. The number of allylic oxidation sites excluding steroid dienone is 3. The fraction of sp³-hybridized carbons (Fsp3) is 0.345. The molecule has 8 heteroatoms. The summed E-state index contributed by atoms with van der Waals surface area (Å²) >= 11 is 0. The van der Waals surface area contributed by atoms with Crippen molar-refractivity contribution >= 4 is 17.6 Å². The normalized spacial score (nSPS) is 20.9. The maximum atomic E-state index is 14.5. The van der Waals surface area contributed by atoms with Gasteiger partial charge < -0.3 is 15.0 Å². The second kappa shape index (κ2) is 12.0. The molecular weight excluding hydrogens is 471 g/mol. The number of hydrogen-bond acceptors (Lipinski definition) is 5. The van der Waals surface area contributed by atoms with E-state index in [9.17, 15) is 14.0 Å². The molecule has 0 radical (unpaired) electrons. The molecule has 7 nitrogen and oxygen atoms in total. The fourth-order valence-corrected chi connectivity index (χ4v) is 4.69. The summed E-state index contributed by atoms with van der Waals surface area (Å²) in [4.78, 5) is 32.9. The van der Waals surface area contributed by atoms with E-state index in [1.165, 1.54) is 6.08 Å². The van der Waals surface area contributed by atoms with Crippen molar-refractivity contribution in [3.63, 3.8) is 0 Å². The Labute approximate surface area is 217 Å². The Balaban J connectivity index is 1.45. The Morgan fingerprint density at radius 2 is 2.03 bits per heavy atom. The minimum Gasteiger partial charge on any atom is -0.488 e. The Kier molecular flexibility index (Phi) is 8.50. The van der Waals surface area contributed by atoms with Crippen molar-refractivity contribution in [2.75, 3.05) is 31.5 Å². The van der Waals surface area contributed by atoms with Gasteiger partial charge in [-0.15, -0.1) is 0 Å². The van der Waals surface area contributed by atoms with Gasteiger partial charge in [-0.05, 0) is 61.9 Å². The standard InChI is InChI=1S/C29H33FN4O3/c1-4-28(35)34-16-15-33(18-21(34)3)19-26(23-9-8-20(2)25(30)17-23)37-24-12-10-22(11-13-24)29(36)32-27-7-5-6-14-31-27/h4-14,21,23,26H,1,15-19H2,2-3H3,(H,31,32,36)/t21-,23?,26+/m1/s1. The van der Waals surface area contributed by atoms with Gasteiger partial charge in [0.2, 0.25) is 5.91 Å². The van der Waals surface area contributed by atoms with Crippen LogP contribution in [0.4, 0.5) is 10.2 Å². The molecule has 2 heterocycles. The van der Waals surface area contributed by atoms with Crippen molar-refractivity contribution in [3.8, 4) is 5.75 Å². The molecule has 2 aliphatic rings. The van der Waals surface area contributed by atoms with Crippen LogP contribution in [0.1, 0.15) is 30.6 Å². The van der Waals surface area contributed by atoms with Crippen molar-refractivity contribution < 1.29 is 18.7 Å². The Hall–Kier alpha value is -3.78. The van der Waals surface area contributed by atoms with E-state index in [2.05, 4.69) is 21.8 Å². The Morgan fingerprint density at radius 1 is 1.24 bits per heavy atom. The second-order valence-electron chi connectivity index (χ2n) is 9.51. The maximum absolute atomic E-state index is 14.5. The number of ether oxygens (including phenoxy) is 1. The average molecular weight is 505 g/mol. The van der Waals surface area contributed by atoms with E-state index in [0.29, 0.717) is 48.9 Å². The van der Waals surface area contributed by atoms with E-state index in [0.717, 1.165) is 0 Å². The highest BCUT2D eigenvalue weighted by Crippen LogP contribution is 2.30. The Bertz CT molecular complexity index is 1180. The molecule has 0 bridgehead atoms. The predicted molar refractivity (Wildman–Crippen MR) is 142 cm³/mol. The molecule has 1 unspecified atom stereocenters. The quantitative estimate of drug-likeness (QED) is 0.531. The number of pyridine rings is 1. The van der Waals surface area contributed by atoms with Gasteiger partial charge in [0.15, 0.2) is 0 Å². The molecule has 3 atom stereocenters. The van der Waals surface area contributed by atoms with E-state index in [-0.39, 0.29) is 42.1 Å². The summed E-state index contributed by atoms with van der Waals surface area (Å²) in [6.07, 6.45) is 6.76. The number of aromatic nitrogens is 1. The number of benzene rings is 1. The number of amides is 2. The molecule has 1 N–H and O–H groups in total. The molecule has 0 spiro atoms. The molecular formula is C29H33FN4O3. The summed E-state index contributed by atoms with van der Waals surface area (Å²) in [6, 6.07) is 12.3. The van der Waals surface area contributed by atoms with Crippen molar-refractivity contribution in [2.24, 2.45) is 5.92 Å². The van der Waals surface area contributed by atoms with Crippen LogP contribution < -0.4 is 10.1 Å². The summed E-state index contributed by atoms with van der Waals surface area (Å²) in [7, 11) is 0. The number of carbonyl (C=O) groups is 2. The molecule has 2 aromatic rings. The first kappa shape index (κ1) is 26.3. The highest BCUT2D eigenvalue weighted by atomic mass is 19.1. The highest BCUT2D eigenvalue weighted by molar-refractivity contribution is 6.03. The smallest absolute Gasteiger partial charge is 0.256 e. The fourth-order valence-electron chi connectivity index (χ4n) is 4.69. The van der Waals surface area contributed by atoms with Crippen LogP contribution >= 0.6 is 0 Å². The van der Waals surface area contributed by atoms with Crippen LogP contribution in [0.2, 0.25) is 0 Å². The SMILES string of the molecule is C=CC(=O)N1CCN(C[C@H](Oc2ccc(C(=O)Nc3ccccn3)cc2)C2C=CC(C)=C(F)C2)C[C@H]1C. The first-order chi connectivity index (χ1) is 17.8. The lowest BCUT2D eigenvalue weighted by atomic mass is 9.90. The van der Waals surface area contributed by atoms with Gasteiger partial charge >= 0.3 is 0 Å². The van der Waals surface area contributed by atoms with Crippen molar-refractivity contribution in [2.45, 2.75) is 32.4 Å². The van der Waals surface area contributed by atoms with Crippen LogP contribution in [-0.4, -0.2) is 64.9 Å². The number of piperazine rings is 1. The van der Waals surface area contributed by atoms with Crippen LogP contribution in [0.25, 0.3) is 0 Å². The van der Waals surface area contributed by atoms with Crippen LogP contribution in [0.5, 0.6) is 5.75 Å². The van der Waals surface area contributed by atoms with Gasteiger partial charge in [-0.25, -0.2) is 9.37 Å². The molecule has 1 aromatic carbocycles. The number of halogens is 1. The summed E-state index contributed by atoms with van der Waals surface area (Å²) in [6.45, 7) is 9.97. The van der Waals surface area contributed by atoms with Crippen LogP contribution in [-0.2, 0) is 4.79 Å². The largest absolute Gasteiger partial charge is 0.488 e. The van der Waals surface area contributed by atoms with Gasteiger partial charge in [0.25, 0.3) is 5.91 Å². The lowest BCUT2D eigenvalue weighted by molar-refractivity contribution is -0.130. The van der Waals surface area contributed by atoms with E-state index in [1.54, 1.807) is 55.6 Å². The predicted octanol–water partition coefficient (Wildman–Crippen LogP) is 4.62. The van der Waals surface area contributed by atoms with Gasteiger partial charge in [-0.1, -0.05) is 24.8 Å². The van der Waals surface area contributed by atoms with Gasteiger partial charge in [0, 0.05) is 56.3 Å². The van der Waals surface area contributed by atoms with Gasteiger partial charge in [-0.2, -0.15) is 0 Å². The molecule has 1 aromatic heterocycles. The maximum Gasteiger partial charge on any atom is 0.256 e. The third-order valence-corrected chi connectivity index (χ3v) is 6.83. The van der Waals surface area contributed by atoms with Crippen LogP contribution in [0.15, 0.2) is 84.9 Å². The lowest BCUT2D eigenvalue weighted by Gasteiger charge is -2.41. The van der Waals surface area contributed by atoms with Gasteiger partial charge in [-0.3, -0.25) is 14.5 Å². The second-order valence-corrected chi connectivity index (χ2v) is 9.51. The van der Waals surface area contributed by atoms with Crippen LogP contribution in [0, 0.1) is 5.92 Å². The number of rotatable bonds is 8. The molecule has 4 rings (SSSR count). The monoisotopic (exact) mass is 504 g/mol. The van der Waals surface area contributed by atoms with Crippen molar-refractivity contribution in [1.82, 2.24) is 14.8 Å². The van der Waals surface area contributed by atoms with E-state index >= 15 is 0 Å². The first-order valence-electron chi connectivity index (χ1n) is 12.5. The minimum atomic E-state index is -0.308. The zero-order valence-corrected chi connectivity index (χ0v) is 21.3.